The Labute approximate surface area is 216 Å². The number of para-hydroxylation sites is 1. The van der Waals surface area contributed by atoms with Gasteiger partial charge < -0.3 is 14.9 Å². The number of rotatable bonds is 8. The average molecular weight is 508 g/mol. The molecule has 8 heteroatoms. The molecule has 7 nitrogen and oxygen atoms in total. The van der Waals surface area contributed by atoms with Crippen LogP contribution in [0.1, 0.15) is 44.9 Å². The van der Waals surface area contributed by atoms with Crippen molar-refractivity contribution in [2.45, 2.75) is 51.0 Å². The monoisotopic (exact) mass is 507 g/mol. The van der Waals surface area contributed by atoms with Gasteiger partial charge in [-0.15, -0.1) is 0 Å². The van der Waals surface area contributed by atoms with E-state index in [0.717, 1.165) is 31.4 Å². The highest BCUT2D eigenvalue weighted by molar-refractivity contribution is 5.97. The van der Waals surface area contributed by atoms with Gasteiger partial charge in [-0.1, -0.05) is 18.2 Å². The molecule has 1 saturated heterocycles. The maximum Gasteiger partial charge on any atom is 0.324 e. The van der Waals surface area contributed by atoms with Crippen LogP contribution < -0.4 is 9.80 Å². The predicted molar refractivity (Wildman–Crippen MR) is 139 cm³/mol. The molecule has 3 fully saturated rings. The zero-order chi connectivity index (χ0) is 26.2. The minimum Gasteiger partial charge on any atom is -0.481 e. The molecule has 2 aliphatic carbocycles. The highest BCUT2D eigenvalue weighted by atomic mass is 19.1. The van der Waals surface area contributed by atoms with Crippen molar-refractivity contribution < 1.29 is 23.9 Å². The van der Waals surface area contributed by atoms with E-state index < -0.39 is 11.4 Å². The summed E-state index contributed by atoms with van der Waals surface area (Å²) in [5.41, 5.74) is 0.180. The molecule has 1 aliphatic heterocycles. The molecule has 37 heavy (non-hydrogen) atoms. The summed E-state index contributed by atoms with van der Waals surface area (Å²) in [6.07, 6.45) is 4.78. The van der Waals surface area contributed by atoms with Crippen LogP contribution in [0, 0.1) is 23.1 Å². The Kier molecular flexibility index (Phi) is 6.92. The van der Waals surface area contributed by atoms with Crippen LogP contribution in [0.5, 0.6) is 0 Å². The summed E-state index contributed by atoms with van der Waals surface area (Å²) in [6, 6.07) is 15.2. The van der Waals surface area contributed by atoms with Gasteiger partial charge in [0, 0.05) is 44.0 Å². The summed E-state index contributed by atoms with van der Waals surface area (Å²) in [5.74, 6) is -0.533. The van der Waals surface area contributed by atoms with E-state index >= 15 is 0 Å². The summed E-state index contributed by atoms with van der Waals surface area (Å²) in [7, 11) is 1.62. The highest BCUT2D eigenvalue weighted by Gasteiger charge is 2.50. The summed E-state index contributed by atoms with van der Waals surface area (Å²) in [6.45, 7) is 0.480. The molecule has 2 aromatic rings. The third-order valence-corrected chi connectivity index (χ3v) is 8.25. The number of hydrogen-bond donors (Lipinski definition) is 1. The minimum absolute atomic E-state index is 0.0804. The molecule has 0 atom stereocenters. The lowest BCUT2D eigenvalue weighted by atomic mass is 9.75. The Bertz CT molecular complexity index is 1130. The minimum atomic E-state index is -1.22. The molecule has 5 rings (SSSR count). The number of amides is 3. The van der Waals surface area contributed by atoms with Gasteiger partial charge in [0.15, 0.2) is 0 Å². The highest BCUT2D eigenvalue weighted by Crippen LogP contribution is 2.49. The van der Waals surface area contributed by atoms with E-state index in [-0.39, 0.29) is 56.1 Å². The largest absolute Gasteiger partial charge is 0.481 e. The first-order valence-electron chi connectivity index (χ1n) is 13.2. The molecular formula is C29H34FN3O4. The lowest BCUT2D eigenvalue weighted by Crippen LogP contribution is -2.52. The SMILES string of the molecule is CN(C(=O)N1CCC(CC(=O)N(c2ccccc2)C(C2CC2)C2CC2)(C(=O)O)CC1)c1ccc(F)cc1. The number of carbonyl (C=O) groups excluding carboxylic acids is 2. The molecule has 196 valence electrons. The van der Waals surface area contributed by atoms with E-state index in [1.54, 1.807) is 11.9 Å². The molecule has 1 N–H and O–H groups in total. The van der Waals surface area contributed by atoms with E-state index in [2.05, 4.69) is 0 Å². The van der Waals surface area contributed by atoms with Crippen LogP contribution in [0.2, 0.25) is 0 Å². The second-order valence-corrected chi connectivity index (χ2v) is 10.8. The second kappa shape index (κ2) is 10.1. The van der Waals surface area contributed by atoms with Crippen molar-refractivity contribution in [2.75, 3.05) is 29.9 Å². The Morgan fingerprint density at radius 2 is 1.51 bits per heavy atom. The van der Waals surface area contributed by atoms with Crippen LogP contribution in [0.15, 0.2) is 54.6 Å². The molecule has 2 aromatic carbocycles. The summed E-state index contributed by atoms with van der Waals surface area (Å²) < 4.78 is 13.3. The first-order chi connectivity index (χ1) is 17.8. The molecule has 0 spiro atoms. The number of carboxylic acids is 1. The number of anilines is 2. The molecule has 3 aliphatic rings. The van der Waals surface area contributed by atoms with Crippen molar-refractivity contribution in [3.05, 3.63) is 60.4 Å². The maximum atomic E-state index is 13.9. The van der Waals surface area contributed by atoms with Gasteiger partial charge in [-0.05, 0) is 86.8 Å². The van der Waals surface area contributed by atoms with Gasteiger partial charge in [0.2, 0.25) is 5.91 Å². The van der Waals surface area contributed by atoms with Gasteiger partial charge in [-0.3, -0.25) is 14.5 Å². The third kappa shape index (κ3) is 5.33. The van der Waals surface area contributed by atoms with Crippen LogP contribution in [0.3, 0.4) is 0 Å². The van der Waals surface area contributed by atoms with Crippen LogP contribution >= 0.6 is 0 Å². The molecule has 0 radical (unpaired) electrons. The average Bonchev–Trinajstić information content (AvgIpc) is 3.82. The standard InChI is InChI=1S/C29H34FN3O4/c1-31(23-13-11-22(30)12-14-23)28(37)32-17-15-29(16-18-32,27(35)36)19-25(34)33(24-5-3-2-4-6-24)26(20-7-8-20)21-9-10-21/h2-6,11-14,20-21,26H,7-10,15-19H2,1H3,(H,35,36). The van der Waals surface area contributed by atoms with Crippen LogP contribution in [-0.4, -0.2) is 54.1 Å². The van der Waals surface area contributed by atoms with Crippen molar-refractivity contribution in [1.29, 1.82) is 0 Å². The molecule has 0 bridgehead atoms. The Morgan fingerprint density at radius 3 is 2.03 bits per heavy atom. The van der Waals surface area contributed by atoms with Crippen molar-refractivity contribution in [3.8, 4) is 0 Å². The third-order valence-electron chi connectivity index (χ3n) is 8.25. The van der Waals surface area contributed by atoms with Gasteiger partial charge in [-0.2, -0.15) is 0 Å². The molecule has 2 saturated carbocycles. The molecule has 0 aromatic heterocycles. The molecule has 3 amide bonds. The lowest BCUT2D eigenvalue weighted by Gasteiger charge is -2.41. The number of carboxylic acid groups (broad SMARTS) is 1. The first-order valence-corrected chi connectivity index (χ1v) is 13.2. The topological polar surface area (TPSA) is 81.2 Å². The van der Waals surface area contributed by atoms with Gasteiger partial charge >= 0.3 is 12.0 Å². The van der Waals surface area contributed by atoms with Crippen molar-refractivity contribution in [2.24, 2.45) is 17.3 Å². The van der Waals surface area contributed by atoms with Crippen LogP contribution in [0.4, 0.5) is 20.6 Å². The quantitative estimate of drug-likeness (QED) is 0.535. The number of nitrogens with zero attached hydrogens (tertiary/aromatic N) is 3. The van der Waals surface area contributed by atoms with Crippen molar-refractivity contribution in [3.63, 3.8) is 0 Å². The smallest absolute Gasteiger partial charge is 0.324 e. The normalized spacial score (nSPS) is 18.9. The van der Waals surface area contributed by atoms with E-state index in [4.69, 9.17) is 0 Å². The number of aliphatic carboxylic acids is 1. The Hall–Kier alpha value is -3.42. The number of urea groups is 1. The van der Waals surface area contributed by atoms with E-state index in [9.17, 15) is 23.9 Å². The fourth-order valence-corrected chi connectivity index (χ4v) is 5.71. The van der Waals surface area contributed by atoms with E-state index in [1.807, 2.05) is 35.2 Å². The molecule has 0 unspecified atom stereocenters. The van der Waals surface area contributed by atoms with Gasteiger partial charge in [0.05, 0.1) is 5.41 Å². The number of halogens is 1. The maximum absolute atomic E-state index is 13.9. The van der Waals surface area contributed by atoms with Gasteiger partial charge in [-0.25, -0.2) is 9.18 Å². The van der Waals surface area contributed by atoms with Crippen molar-refractivity contribution in [1.82, 2.24) is 4.90 Å². The summed E-state index contributed by atoms with van der Waals surface area (Å²) in [4.78, 5) is 44.5. The zero-order valence-corrected chi connectivity index (χ0v) is 21.2. The number of likely N-dealkylation sites (tertiary alicyclic amines) is 1. The zero-order valence-electron chi connectivity index (χ0n) is 21.2. The van der Waals surface area contributed by atoms with Crippen LogP contribution in [0.25, 0.3) is 0 Å². The fraction of sp³-hybridized carbons (Fsp3) is 0.483. The van der Waals surface area contributed by atoms with Gasteiger partial charge in [0.25, 0.3) is 0 Å². The Balaban J connectivity index is 1.31. The second-order valence-electron chi connectivity index (χ2n) is 10.8. The predicted octanol–water partition coefficient (Wildman–Crippen LogP) is 5.16. The van der Waals surface area contributed by atoms with E-state index in [1.165, 1.54) is 29.2 Å². The lowest BCUT2D eigenvalue weighted by molar-refractivity contribution is -0.154. The molecular weight excluding hydrogens is 473 g/mol. The molecule has 1 heterocycles. The van der Waals surface area contributed by atoms with Crippen LogP contribution in [-0.2, 0) is 9.59 Å². The van der Waals surface area contributed by atoms with Crippen molar-refractivity contribution >= 4 is 29.3 Å². The fourth-order valence-electron chi connectivity index (χ4n) is 5.71. The number of carbonyl (C=O) groups is 3. The number of piperidine rings is 1. The first kappa shape index (κ1) is 25.2. The van der Waals surface area contributed by atoms with Gasteiger partial charge in [0.1, 0.15) is 5.82 Å². The van der Waals surface area contributed by atoms with E-state index in [0.29, 0.717) is 17.5 Å². The number of hydrogen-bond acceptors (Lipinski definition) is 3. The summed E-state index contributed by atoms with van der Waals surface area (Å²) >= 11 is 0. The summed E-state index contributed by atoms with van der Waals surface area (Å²) in [5, 5.41) is 10.3. The Morgan fingerprint density at radius 1 is 0.946 bits per heavy atom. The number of benzene rings is 2.